The molecular weight excluding hydrogens is 375 g/mol. The molecule has 27 heavy (non-hydrogen) atoms. The topological polar surface area (TPSA) is 114 Å². The molecule has 0 unspecified atom stereocenters. The number of hydrogen-bond acceptors (Lipinski definition) is 8. The summed E-state index contributed by atoms with van der Waals surface area (Å²) in [5.74, 6) is 0.576. The fourth-order valence-corrected chi connectivity index (χ4v) is 3.90. The van der Waals surface area contributed by atoms with Crippen molar-refractivity contribution < 1.29 is 24.4 Å². The molecule has 1 aliphatic rings. The van der Waals surface area contributed by atoms with Crippen molar-refractivity contribution in [1.82, 2.24) is 19.5 Å². The maximum atomic E-state index is 14.0. The molecule has 3 N–H and O–H groups in total. The minimum atomic E-state index is -1.31. The van der Waals surface area contributed by atoms with Crippen LogP contribution in [0.4, 0.5) is 4.39 Å². The Morgan fingerprint density at radius 3 is 2.63 bits per heavy atom. The van der Waals surface area contributed by atoms with Crippen LogP contribution in [0.5, 0.6) is 0 Å². The van der Waals surface area contributed by atoms with Gasteiger partial charge in [0.05, 0.1) is 12.9 Å². The quantitative estimate of drug-likeness (QED) is 0.333. The third-order valence-electron chi connectivity index (χ3n) is 4.37. The van der Waals surface area contributed by atoms with E-state index in [1.165, 1.54) is 22.7 Å². The van der Waals surface area contributed by atoms with Crippen molar-refractivity contribution in [2.45, 2.75) is 35.3 Å². The van der Waals surface area contributed by atoms with Gasteiger partial charge in [-0.3, -0.25) is 4.57 Å². The van der Waals surface area contributed by atoms with Crippen molar-refractivity contribution in [2.24, 2.45) is 0 Å². The van der Waals surface area contributed by atoms with Gasteiger partial charge < -0.3 is 20.1 Å². The smallest absolute Gasteiger partial charge is 0.311 e. The summed E-state index contributed by atoms with van der Waals surface area (Å²) in [7, 11) is 0. The summed E-state index contributed by atoms with van der Waals surface area (Å²) in [5.41, 5.74) is 1.57. The molecule has 0 aliphatic carbocycles. The Morgan fingerprint density at radius 2 is 1.93 bits per heavy atom. The minimum Gasteiger partial charge on any atom is -0.394 e. The molecule has 4 rings (SSSR count). The van der Waals surface area contributed by atoms with Crippen LogP contribution in [0.3, 0.4) is 0 Å². The number of hydrogen-bond donors (Lipinski definition) is 3. The largest absolute Gasteiger partial charge is 0.394 e. The highest BCUT2D eigenvalue weighted by molar-refractivity contribution is 7.98. The highest BCUT2D eigenvalue weighted by Gasteiger charge is 2.44. The van der Waals surface area contributed by atoms with E-state index in [0.717, 1.165) is 5.56 Å². The molecule has 0 radical (unpaired) electrons. The van der Waals surface area contributed by atoms with Gasteiger partial charge in [0.25, 0.3) is 0 Å². The average molecular weight is 392 g/mol. The number of thioether (sulfide) groups is 1. The first-order valence-corrected chi connectivity index (χ1v) is 9.26. The van der Waals surface area contributed by atoms with Crippen molar-refractivity contribution in [2.75, 3.05) is 6.61 Å². The van der Waals surface area contributed by atoms with E-state index in [0.29, 0.717) is 16.3 Å². The van der Waals surface area contributed by atoms with E-state index in [1.54, 1.807) is 0 Å². The van der Waals surface area contributed by atoms with Crippen molar-refractivity contribution >= 4 is 22.9 Å². The first kappa shape index (κ1) is 18.3. The zero-order valence-corrected chi connectivity index (χ0v) is 14.8. The fraction of sp³-hybridized carbons (Fsp3) is 0.353. The molecule has 1 fully saturated rings. The first-order chi connectivity index (χ1) is 13.1. The van der Waals surface area contributed by atoms with Gasteiger partial charge in [-0.1, -0.05) is 42.1 Å². The second-order valence-corrected chi connectivity index (χ2v) is 7.09. The van der Waals surface area contributed by atoms with Crippen LogP contribution in [0.15, 0.2) is 41.7 Å². The molecule has 3 heterocycles. The van der Waals surface area contributed by atoms with E-state index in [4.69, 9.17) is 4.74 Å². The van der Waals surface area contributed by atoms with Crippen LogP contribution in [0.25, 0.3) is 11.2 Å². The summed E-state index contributed by atoms with van der Waals surface area (Å²) in [4.78, 5) is 11.9. The Bertz CT molecular complexity index is 941. The summed E-state index contributed by atoms with van der Waals surface area (Å²) in [5, 5.41) is 29.7. The van der Waals surface area contributed by atoms with Crippen LogP contribution in [0, 0.1) is 6.08 Å². The number of ether oxygens (including phenoxy) is 1. The number of nitrogens with zero attached hydrogens (tertiary/aromatic N) is 4. The molecule has 1 aliphatic heterocycles. The Morgan fingerprint density at radius 1 is 1.15 bits per heavy atom. The maximum absolute atomic E-state index is 14.0. The molecule has 0 spiro atoms. The monoisotopic (exact) mass is 392 g/mol. The highest BCUT2D eigenvalue weighted by Crippen LogP contribution is 2.33. The predicted octanol–water partition coefficient (Wildman–Crippen LogP) is 0.869. The van der Waals surface area contributed by atoms with E-state index in [9.17, 15) is 19.7 Å². The van der Waals surface area contributed by atoms with E-state index >= 15 is 0 Å². The molecule has 0 saturated carbocycles. The Kier molecular flexibility index (Phi) is 5.06. The van der Waals surface area contributed by atoms with Crippen LogP contribution in [0.2, 0.25) is 0 Å². The molecule has 142 valence electrons. The minimum absolute atomic E-state index is 0.146. The van der Waals surface area contributed by atoms with Crippen LogP contribution < -0.4 is 0 Å². The predicted molar refractivity (Wildman–Crippen MR) is 94.3 cm³/mol. The number of aliphatic hydroxyl groups excluding tert-OH is 3. The van der Waals surface area contributed by atoms with Gasteiger partial charge in [-0.2, -0.15) is 14.4 Å². The third-order valence-corrected chi connectivity index (χ3v) is 5.41. The summed E-state index contributed by atoms with van der Waals surface area (Å²) < 4.78 is 20.8. The average Bonchev–Trinajstić information content (AvgIpc) is 3.22. The number of halogens is 1. The van der Waals surface area contributed by atoms with Gasteiger partial charge in [0.15, 0.2) is 11.9 Å². The number of fused-ring (bicyclic) bond motifs is 1. The van der Waals surface area contributed by atoms with Gasteiger partial charge in [0, 0.05) is 5.75 Å². The summed E-state index contributed by atoms with van der Waals surface area (Å²) in [6.07, 6.45) is -4.13. The molecule has 1 aromatic carbocycles. The van der Waals surface area contributed by atoms with Crippen molar-refractivity contribution in [1.29, 1.82) is 0 Å². The van der Waals surface area contributed by atoms with Crippen LogP contribution in [0.1, 0.15) is 11.8 Å². The number of rotatable bonds is 5. The molecule has 0 bridgehead atoms. The highest BCUT2D eigenvalue weighted by atomic mass is 32.2. The zero-order chi connectivity index (χ0) is 19.0. The number of aliphatic hydroxyl groups is 3. The molecule has 1 saturated heterocycles. The lowest BCUT2D eigenvalue weighted by molar-refractivity contribution is -0.0511. The molecule has 3 aromatic rings. The molecule has 10 heteroatoms. The van der Waals surface area contributed by atoms with Gasteiger partial charge in [-0.25, -0.2) is 4.98 Å². The Labute approximate surface area is 157 Å². The van der Waals surface area contributed by atoms with Gasteiger partial charge in [-0.05, 0) is 5.56 Å². The zero-order valence-electron chi connectivity index (χ0n) is 14.0. The summed E-state index contributed by atoms with van der Waals surface area (Å²) in [6.45, 7) is -0.455. The normalized spacial score (nSPS) is 25.3. The molecule has 8 nitrogen and oxygen atoms in total. The fourth-order valence-electron chi connectivity index (χ4n) is 2.99. The van der Waals surface area contributed by atoms with E-state index in [-0.39, 0.29) is 5.65 Å². The van der Waals surface area contributed by atoms with Crippen LogP contribution in [-0.2, 0) is 10.5 Å². The Hall–Kier alpha value is -2.11. The first-order valence-electron chi connectivity index (χ1n) is 8.27. The number of imidazole rings is 1. The van der Waals surface area contributed by atoms with Crippen molar-refractivity contribution in [3.8, 4) is 0 Å². The summed E-state index contributed by atoms with van der Waals surface area (Å²) >= 11 is 1.32. The lowest BCUT2D eigenvalue weighted by Crippen LogP contribution is -2.33. The number of aromatic nitrogens is 4. The number of benzene rings is 1. The van der Waals surface area contributed by atoms with Gasteiger partial charge >= 0.3 is 6.08 Å². The molecule has 4 atom stereocenters. The van der Waals surface area contributed by atoms with Crippen LogP contribution >= 0.6 is 11.8 Å². The molecule has 0 amide bonds. The van der Waals surface area contributed by atoms with Gasteiger partial charge in [-0.15, -0.1) is 0 Å². The van der Waals surface area contributed by atoms with Gasteiger partial charge in [0.1, 0.15) is 28.9 Å². The lowest BCUT2D eigenvalue weighted by Gasteiger charge is -2.16. The second kappa shape index (κ2) is 7.49. The van der Waals surface area contributed by atoms with Crippen molar-refractivity contribution in [3.63, 3.8) is 0 Å². The SMILES string of the molecule is OC[C@@H]1O[C@H](n2cnc3c(SCc4ccccc4)nc(F)nc32)[C@@H](O)[C@@H]1O. The molecule has 2 aromatic heterocycles. The summed E-state index contributed by atoms with van der Waals surface area (Å²) in [6, 6.07) is 9.67. The lowest BCUT2D eigenvalue weighted by atomic mass is 10.1. The Balaban J connectivity index is 1.66. The van der Waals surface area contributed by atoms with Crippen LogP contribution in [-0.4, -0.2) is 59.8 Å². The molecular formula is C17H17FN4O4S. The van der Waals surface area contributed by atoms with E-state index in [1.807, 2.05) is 30.3 Å². The third kappa shape index (κ3) is 3.42. The van der Waals surface area contributed by atoms with E-state index in [2.05, 4.69) is 15.0 Å². The maximum Gasteiger partial charge on any atom is 0.311 e. The van der Waals surface area contributed by atoms with Gasteiger partial charge in [0.2, 0.25) is 0 Å². The standard InChI is InChI=1S/C17H17FN4O4S/c18-17-20-14-11(15(21-17)27-7-9-4-2-1-3-5-9)19-8-22(14)16-13(25)12(24)10(6-23)26-16/h1-5,8,10,12-13,16,23-25H,6-7H2/t10-,12+,13-,16-/m0/s1. The van der Waals surface area contributed by atoms with Crippen molar-refractivity contribution in [3.05, 3.63) is 48.3 Å². The van der Waals surface area contributed by atoms with E-state index < -0.39 is 37.2 Å². The second-order valence-electron chi connectivity index (χ2n) is 6.12.